The lowest BCUT2D eigenvalue weighted by atomic mass is 10.4. The van der Waals surface area contributed by atoms with Crippen LogP contribution in [0.3, 0.4) is 0 Å². The first kappa shape index (κ1) is 6.62. The maximum atomic E-state index is 5.01. The third-order valence-electron chi connectivity index (χ3n) is 2.67. The average Bonchev–Trinajstić information content (AvgIpc) is 2.56. The minimum absolute atomic E-state index is 0.902. The van der Waals surface area contributed by atoms with Gasteiger partial charge in [-0.05, 0) is 18.3 Å². The summed E-state index contributed by atoms with van der Waals surface area (Å²) in [5.41, 5.74) is 0. The second kappa shape index (κ2) is 2.51. The molecule has 2 heteroatoms. The van der Waals surface area contributed by atoms with E-state index < -0.39 is 0 Å². The van der Waals surface area contributed by atoms with E-state index in [0.29, 0.717) is 0 Å². The van der Waals surface area contributed by atoms with Gasteiger partial charge >= 0.3 is 0 Å². The molecular formula is C8H15NO. The van der Waals surface area contributed by atoms with Crippen molar-refractivity contribution in [2.75, 3.05) is 33.4 Å². The number of rotatable bonds is 3. The van der Waals surface area contributed by atoms with E-state index in [4.69, 9.17) is 4.74 Å². The van der Waals surface area contributed by atoms with Crippen molar-refractivity contribution in [3.05, 3.63) is 0 Å². The van der Waals surface area contributed by atoms with E-state index in [-0.39, 0.29) is 0 Å². The summed E-state index contributed by atoms with van der Waals surface area (Å²) < 4.78 is 5.01. The Morgan fingerprint density at radius 2 is 2.10 bits per heavy atom. The molecule has 0 N–H and O–H groups in total. The van der Waals surface area contributed by atoms with Gasteiger partial charge in [0.1, 0.15) is 0 Å². The highest BCUT2D eigenvalue weighted by Gasteiger charge is 2.44. The second-order valence-corrected chi connectivity index (χ2v) is 3.51. The first-order valence-corrected chi connectivity index (χ1v) is 4.11. The van der Waals surface area contributed by atoms with Crippen molar-refractivity contribution in [3.8, 4) is 0 Å². The first-order valence-electron chi connectivity index (χ1n) is 4.11. The summed E-state index contributed by atoms with van der Waals surface area (Å²) in [6, 6.07) is 0. The van der Waals surface area contributed by atoms with Gasteiger partial charge in [-0.25, -0.2) is 0 Å². The third kappa shape index (κ3) is 1.18. The Bertz CT molecular complexity index is 116. The normalized spacial score (nSPS) is 38.1. The molecule has 1 heterocycles. The Kier molecular flexibility index (Phi) is 1.66. The highest BCUT2D eigenvalue weighted by Crippen LogP contribution is 2.44. The maximum Gasteiger partial charge on any atom is 0.0589 e. The largest absolute Gasteiger partial charge is 0.383 e. The van der Waals surface area contributed by atoms with Crippen molar-refractivity contribution in [1.29, 1.82) is 0 Å². The van der Waals surface area contributed by atoms with Gasteiger partial charge < -0.3 is 9.64 Å². The van der Waals surface area contributed by atoms with Gasteiger partial charge in [0.2, 0.25) is 0 Å². The number of fused-ring (bicyclic) bond motifs is 1. The Labute approximate surface area is 62.2 Å². The fourth-order valence-corrected chi connectivity index (χ4v) is 1.90. The summed E-state index contributed by atoms with van der Waals surface area (Å²) in [6.45, 7) is 4.73. The summed E-state index contributed by atoms with van der Waals surface area (Å²) >= 11 is 0. The summed E-state index contributed by atoms with van der Waals surface area (Å²) in [5, 5.41) is 0. The molecule has 0 amide bonds. The molecule has 1 aliphatic carbocycles. The number of piperidine rings is 1. The molecule has 2 aliphatic rings. The summed E-state index contributed by atoms with van der Waals surface area (Å²) in [5.74, 6) is 2.13. The molecule has 2 fully saturated rings. The van der Waals surface area contributed by atoms with Gasteiger partial charge in [-0.1, -0.05) is 0 Å². The molecule has 0 aromatic rings. The van der Waals surface area contributed by atoms with E-state index in [1.54, 1.807) is 7.11 Å². The molecule has 2 nitrogen and oxygen atoms in total. The summed E-state index contributed by atoms with van der Waals surface area (Å²) in [7, 11) is 1.77. The zero-order chi connectivity index (χ0) is 6.97. The third-order valence-corrected chi connectivity index (χ3v) is 2.67. The SMILES string of the molecule is COCCN1CC2C[C@@H]2C1. The van der Waals surface area contributed by atoms with Crippen molar-refractivity contribution in [3.63, 3.8) is 0 Å². The van der Waals surface area contributed by atoms with E-state index in [2.05, 4.69) is 4.90 Å². The van der Waals surface area contributed by atoms with Gasteiger partial charge in [0.15, 0.2) is 0 Å². The fraction of sp³-hybridized carbons (Fsp3) is 1.00. The highest BCUT2D eigenvalue weighted by molar-refractivity contribution is 4.96. The molecule has 2 rings (SSSR count). The van der Waals surface area contributed by atoms with Crippen molar-refractivity contribution in [2.45, 2.75) is 6.42 Å². The highest BCUT2D eigenvalue weighted by atomic mass is 16.5. The molecular weight excluding hydrogens is 126 g/mol. The van der Waals surface area contributed by atoms with Crippen LogP contribution in [0.1, 0.15) is 6.42 Å². The first-order chi connectivity index (χ1) is 4.90. The Balaban J connectivity index is 1.66. The van der Waals surface area contributed by atoms with Gasteiger partial charge in [0.05, 0.1) is 6.61 Å². The van der Waals surface area contributed by atoms with E-state index in [0.717, 1.165) is 25.0 Å². The molecule has 0 aromatic heterocycles. The average molecular weight is 141 g/mol. The maximum absolute atomic E-state index is 5.01. The van der Waals surface area contributed by atoms with Crippen molar-refractivity contribution >= 4 is 0 Å². The minimum Gasteiger partial charge on any atom is -0.383 e. The molecule has 10 heavy (non-hydrogen) atoms. The Morgan fingerprint density at radius 3 is 2.70 bits per heavy atom. The van der Waals surface area contributed by atoms with E-state index in [9.17, 15) is 0 Å². The molecule has 1 unspecified atom stereocenters. The molecule has 2 atom stereocenters. The fourth-order valence-electron chi connectivity index (χ4n) is 1.90. The molecule has 0 bridgehead atoms. The van der Waals surface area contributed by atoms with Gasteiger partial charge in [-0.2, -0.15) is 0 Å². The van der Waals surface area contributed by atoms with Crippen LogP contribution in [0.25, 0.3) is 0 Å². The second-order valence-electron chi connectivity index (χ2n) is 3.51. The number of methoxy groups -OCH3 is 1. The molecule has 58 valence electrons. The molecule has 1 aliphatic heterocycles. The lowest BCUT2D eigenvalue weighted by Gasteiger charge is -2.15. The Hall–Kier alpha value is -0.0800. The van der Waals surface area contributed by atoms with Crippen molar-refractivity contribution in [1.82, 2.24) is 4.90 Å². The van der Waals surface area contributed by atoms with Crippen LogP contribution < -0.4 is 0 Å². The molecule has 1 saturated heterocycles. The summed E-state index contributed by atoms with van der Waals surface area (Å²) in [4.78, 5) is 2.52. The van der Waals surface area contributed by atoms with Crippen LogP contribution in [-0.4, -0.2) is 38.3 Å². The smallest absolute Gasteiger partial charge is 0.0589 e. The van der Waals surface area contributed by atoms with Crippen molar-refractivity contribution in [2.24, 2.45) is 11.8 Å². The van der Waals surface area contributed by atoms with Gasteiger partial charge in [0.25, 0.3) is 0 Å². The van der Waals surface area contributed by atoms with Crippen molar-refractivity contribution < 1.29 is 4.74 Å². The number of hydrogen-bond acceptors (Lipinski definition) is 2. The molecule has 0 radical (unpaired) electrons. The van der Waals surface area contributed by atoms with Crippen LogP contribution in [0.2, 0.25) is 0 Å². The number of ether oxygens (including phenoxy) is 1. The monoisotopic (exact) mass is 141 g/mol. The van der Waals surface area contributed by atoms with Crippen LogP contribution in [0.15, 0.2) is 0 Å². The lowest BCUT2D eigenvalue weighted by molar-refractivity contribution is 0.155. The lowest BCUT2D eigenvalue weighted by Crippen LogP contribution is -2.26. The number of likely N-dealkylation sites (tertiary alicyclic amines) is 1. The minimum atomic E-state index is 0.902. The predicted molar refractivity (Wildman–Crippen MR) is 39.9 cm³/mol. The van der Waals surface area contributed by atoms with Crippen LogP contribution in [0.4, 0.5) is 0 Å². The number of hydrogen-bond donors (Lipinski definition) is 0. The topological polar surface area (TPSA) is 12.5 Å². The quantitative estimate of drug-likeness (QED) is 0.570. The van der Waals surface area contributed by atoms with Gasteiger partial charge in [0, 0.05) is 26.7 Å². The molecule has 1 saturated carbocycles. The predicted octanol–water partition coefficient (Wildman–Crippen LogP) is 0.585. The van der Waals surface area contributed by atoms with Crippen LogP contribution >= 0.6 is 0 Å². The Morgan fingerprint density at radius 1 is 1.40 bits per heavy atom. The van der Waals surface area contributed by atoms with Crippen LogP contribution in [0, 0.1) is 11.8 Å². The molecule has 0 spiro atoms. The van der Waals surface area contributed by atoms with Crippen LogP contribution in [0.5, 0.6) is 0 Å². The number of nitrogens with zero attached hydrogens (tertiary/aromatic N) is 1. The standard InChI is InChI=1S/C8H15NO/c1-10-3-2-9-5-7-4-8(7)6-9/h7-8H,2-6H2,1H3/t7-,8?/m1/s1. The zero-order valence-electron chi connectivity index (χ0n) is 6.55. The van der Waals surface area contributed by atoms with Gasteiger partial charge in [-0.3, -0.25) is 0 Å². The van der Waals surface area contributed by atoms with E-state index in [1.165, 1.54) is 19.5 Å². The van der Waals surface area contributed by atoms with Crippen LogP contribution in [-0.2, 0) is 4.74 Å². The zero-order valence-corrected chi connectivity index (χ0v) is 6.55. The van der Waals surface area contributed by atoms with Gasteiger partial charge in [-0.15, -0.1) is 0 Å². The summed E-state index contributed by atoms with van der Waals surface area (Å²) in [6.07, 6.45) is 1.50. The van der Waals surface area contributed by atoms with E-state index >= 15 is 0 Å². The van der Waals surface area contributed by atoms with E-state index in [1.807, 2.05) is 0 Å². The molecule has 0 aromatic carbocycles.